The Morgan fingerprint density at radius 3 is 1.12 bits per heavy atom. The lowest BCUT2D eigenvalue weighted by molar-refractivity contribution is 0.0592. The molecule has 0 heterocycles. The first-order valence-electron chi connectivity index (χ1n) is 15.3. The van der Waals surface area contributed by atoms with Crippen molar-refractivity contribution in [2.75, 3.05) is 14.2 Å². The molecule has 0 saturated carbocycles. The van der Waals surface area contributed by atoms with Crippen molar-refractivity contribution in [3.63, 3.8) is 0 Å². The van der Waals surface area contributed by atoms with Crippen molar-refractivity contribution in [3.05, 3.63) is 176 Å². The van der Waals surface area contributed by atoms with E-state index in [1.165, 1.54) is 14.2 Å². The fourth-order valence-electron chi connectivity index (χ4n) is 6.43. The zero-order valence-corrected chi connectivity index (χ0v) is 29.6. The van der Waals surface area contributed by atoms with E-state index in [2.05, 4.69) is 92.5 Å². The molecule has 0 atom stereocenters. The van der Waals surface area contributed by atoms with Crippen LogP contribution in [0.3, 0.4) is 0 Å². The second-order valence-corrected chi connectivity index (χ2v) is 13.2. The Hall–Kier alpha value is -5.18. The van der Waals surface area contributed by atoms with Crippen LogP contribution in [0, 0.1) is 0 Å². The molecule has 1 aliphatic rings. The van der Waals surface area contributed by atoms with Crippen LogP contribution in [-0.4, -0.2) is 26.2 Å². The summed E-state index contributed by atoms with van der Waals surface area (Å²) in [5.41, 5.74) is 6.97. The molecule has 6 nitrogen and oxygen atoms in total. The molecule has 0 radical (unpaired) electrons. The van der Waals surface area contributed by atoms with Crippen LogP contribution in [0.2, 0.25) is 0 Å². The third kappa shape index (κ3) is 6.03. The Morgan fingerprint density at radius 2 is 0.796 bits per heavy atom. The van der Waals surface area contributed by atoms with Crippen molar-refractivity contribution in [1.82, 2.24) is 0 Å². The number of fused-ring (bicyclic) bond motifs is 3. The molecule has 0 aromatic heterocycles. The van der Waals surface area contributed by atoms with E-state index in [1.54, 1.807) is 48.5 Å². The summed E-state index contributed by atoms with van der Waals surface area (Å²) >= 11 is 7.50. The van der Waals surface area contributed by atoms with Crippen molar-refractivity contribution in [1.29, 1.82) is 0 Å². The number of benzene rings is 6. The summed E-state index contributed by atoms with van der Waals surface area (Å²) in [5, 5.41) is 0. The lowest BCUT2D eigenvalue weighted by atomic mass is 9.67. The number of halogens is 2. The number of esters is 2. The number of carbonyl (C=O) groups is 2. The van der Waals surface area contributed by atoms with Gasteiger partial charge in [0.2, 0.25) is 0 Å². The van der Waals surface area contributed by atoms with Crippen LogP contribution >= 0.6 is 31.9 Å². The lowest BCUT2D eigenvalue weighted by Gasteiger charge is -2.34. The van der Waals surface area contributed by atoms with Gasteiger partial charge in [-0.3, -0.25) is 0 Å². The first kappa shape index (κ1) is 32.4. The van der Waals surface area contributed by atoms with Crippen LogP contribution in [0.15, 0.2) is 142 Å². The molecule has 6 aromatic rings. The van der Waals surface area contributed by atoms with Crippen LogP contribution in [-0.2, 0) is 14.9 Å². The average molecular weight is 776 g/mol. The van der Waals surface area contributed by atoms with Gasteiger partial charge in [0.05, 0.1) is 30.8 Å². The molecule has 0 aliphatic heterocycles. The molecule has 242 valence electrons. The smallest absolute Gasteiger partial charge is 0.337 e. The Balaban J connectivity index is 1.29. The van der Waals surface area contributed by atoms with Gasteiger partial charge in [0.1, 0.15) is 23.0 Å². The van der Waals surface area contributed by atoms with E-state index in [1.807, 2.05) is 24.3 Å². The quantitative estimate of drug-likeness (QED) is 0.143. The first-order chi connectivity index (χ1) is 23.8. The van der Waals surface area contributed by atoms with Crippen molar-refractivity contribution < 1.29 is 28.5 Å². The Bertz CT molecular complexity index is 2020. The molecular formula is C41H28Br2O6. The zero-order valence-electron chi connectivity index (χ0n) is 26.4. The predicted octanol–water partition coefficient (Wildman–Crippen LogP) is 10.7. The highest BCUT2D eigenvalue weighted by atomic mass is 79.9. The largest absolute Gasteiger partial charge is 0.465 e. The minimum absolute atomic E-state index is 0.398. The third-order valence-electron chi connectivity index (χ3n) is 8.66. The lowest BCUT2D eigenvalue weighted by Crippen LogP contribution is -2.28. The maximum absolute atomic E-state index is 11.9. The Kier molecular flexibility index (Phi) is 8.84. The summed E-state index contributed by atoms with van der Waals surface area (Å²) < 4.78 is 23.9. The van der Waals surface area contributed by atoms with Gasteiger partial charge < -0.3 is 18.9 Å². The number of rotatable bonds is 8. The van der Waals surface area contributed by atoms with Crippen LogP contribution in [0.25, 0.3) is 11.1 Å². The molecule has 49 heavy (non-hydrogen) atoms. The van der Waals surface area contributed by atoms with Gasteiger partial charge >= 0.3 is 11.9 Å². The molecule has 7 rings (SSSR count). The Morgan fingerprint density at radius 1 is 0.469 bits per heavy atom. The van der Waals surface area contributed by atoms with Crippen LogP contribution < -0.4 is 9.47 Å². The van der Waals surface area contributed by atoms with Gasteiger partial charge in [-0.25, -0.2) is 9.59 Å². The molecule has 0 bridgehead atoms. The number of hydrogen-bond donors (Lipinski definition) is 0. The summed E-state index contributed by atoms with van der Waals surface area (Å²) in [6.45, 7) is 0. The minimum Gasteiger partial charge on any atom is -0.465 e. The first-order valence-corrected chi connectivity index (χ1v) is 16.9. The van der Waals surface area contributed by atoms with E-state index < -0.39 is 17.4 Å². The van der Waals surface area contributed by atoms with E-state index in [-0.39, 0.29) is 0 Å². The summed E-state index contributed by atoms with van der Waals surface area (Å²) in [5.74, 6) is 1.74. The number of methoxy groups -OCH3 is 2. The monoisotopic (exact) mass is 774 g/mol. The van der Waals surface area contributed by atoms with Gasteiger partial charge in [-0.2, -0.15) is 0 Å². The van der Waals surface area contributed by atoms with Gasteiger partial charge in [-0.1, -0.05) is 68.3 Å². The summed E-state index contributed by atoms with van der Waals surface area (Å²) in [4.78, 5) is 23.7. The third-order valence-corrected chi connectivity index (χ3v) is 9.64. The molecule has 0 spiro atoms. The summed E-state index contributed by atoms with van der Waals surface area (Å²) in [7, 11) is 2.72. The average Bonchev–Trinajstić information content (AvgIpc) is 3.41. The zero-order chi connectivity index (χ0) is 34.1. The van der Waals surface area contributed by atoms with E-state index in [0.29, 0.717) is 34.1 Å². The number of hydrogen-bond acceptors (Lipinski definition) is 6. The van der Waals surface area contributed by atoms with Crippen LogP contribution in [0.1, 0.15) is 43.0 Å². The SMILES string of the molecule is COC(=O)c1ccc(Oc2ccc(C3(c4ccc(Oc5ccc(C(=O)OC)cc5)cc4)c4cc(Br)ccc4-c4ccc(Br)cc43)cc2)cc1. The molecular weight excluding hydrogens is 748 g/mol. The number of ether oxygens (including phenoxy) is 4. The number of carbonyl (C=O) groups excluding carboxylic acids is 2. The van der Waals surface area contributed by atoms with Crippen molar-refractivity contribution in [2.45, 2.75) is 5.41 Å². The van der Waals surface area contributed by atoms with Crippen LogP contribution in [0.5, 0.6) is 23.0 Å². The maximum atomic E-state index is 11.9. The van der Waals surface area contributed by atoms with Crippen molar-refractivity contribution in [3.8, 4) is 34.1 Å². The topological polar surface area (TPSA) is 71.1 Å². The van der Waals surface area contributed by atoms with Gasteiger partial charge in [-0.05, 0) is 130 Å². The molecule has 0 amide bonds. The normalized spacial score (nSPS) is 12.4. The van der Waals surface area contributed by atoms with E-state index in [9.17, 15) is 9.59 Å². The van der Waals surface area contributed by atoms with E-state index >= 15 is 0 Å². The molecule has 1 aliphatic carbocycles. The Labute approximate surface area is 300 Å². The molecule has 8 heteroatoms. The predicted molar refractivity (Wildman–Crippen MR) is 195 cm³/mol. The minimum atomic E-state index is -0.667. The standard InChI is InChI=1S/C41H28Br2O6/c1-46-39(44)25-3-13-31(14-4-25)48-33-17-7-27(8-18-33)41(37-23-29(42)11-21-35(37)36-22-12-30(43)24-38(36)41)28-9-19-34(20-10-28)49-32-15-5-26(6-16-32)40(45)47-2/h3-24H,1-2H3. The van der Waals surface area contributed by atoms with Gasteiger partial charge in [0, 0.05) is 8.95 Å². The highest BCUT2D eigenvalue weighted by Gasteiger charge is 2.46. The van der Waals surface area contributed by atoms with Crippen LogP contribution in [0.4, 0.5) is 0 Å². The van der Waals surface area contributed by atoms with Gasteiger partial charge in [-0.15, -0.1) is 0 Å². The van der Waals surface area contributed by atoms with Gasteiger partial charge in [0.15, 0.2) is 0 Å². The van der Waals surface area contributed by atoms with E-state index in [4.69, 9.17) is 18.9 Å². The summed E-state index contributed by atoms with van der Waals surface area (Å²) in [6.07, 6.45) is 0. The fraction of sp³-hybridized carbons (Fsp3) is 0.0732. The second kappa shape index (κ2) is 13.4. The second-order valence-electron chi connectivity index (χ2n) is 11.4. The summed E-state index contributed by atoms with van der Waals surface area (Å²) in [6, 6.07) is 42.9. The molecule has 6 aromatic carbocycles. The van der Waals surface area contributed by atoms with Crippen molar-refractivity contribution >= 4 is 43.8 Å². The van der Waals surface area contributed by atoms with E-state index in [0.717, 1.165) is 42.3 Å². The highest BCUT2D eigenvalue weighted by Crippen LogP contribution is 2.57. The maximum Gasteiger partial charge on any atom is 0.337 e. The molecule has 0 unspecified atom stereocenters. The fourth-order valence-corrected chi connectivity index (χ4v) is 7.15. The van der Waals surface area contributed by atoms with Crippen molar-refractivity contribution in [2.24, 2.45) is 0 Å². The molecule has 0 fully saturated rings. The van der Waals surface area contributed by atoms with Gasteiger partial charge in [0.25, 0.3) is 0 Å². The molecule has 0 saturated heterocycles. The molecule has 0 N–H and O–H groups in total. The highest BCUT2D eigenvalue weighted by molar-refractivity contribution is 9.10.